The fourth-order valence-corrected chi connectivity index (χ4v) is 0. The van der Waals surface area contributed by atoms with Crippen molar-refractivity contribution in [3.8, 4) is 0 Å². The van der Waals surface area contributed by atoms with E-state index >= 15 is 0 Å². The summed E-state index contributed by atoms with van der Waals surface area (Å²) in [6, 6.07) is 0. The normalized spacial score (nSPS) is 4.00. The van der Waals surface area contributed by atoms with E-state index < -0.39 is 5.09 Å². The van der Waals surface area contributed by atoms with Gasteiger partial charge in [-0.25, -0.2) is 0 Å². The molecule has 0 amide bonds. The molecule has 0 spiro atoms. The van der Waals surface area contributed by atoms with E-state index in [4.69, 9.17) is 15.3 Å². The maximum atomic E-state index is 8.36. The molecule has 0 aromatic carbocycles. The molecule has 0 aromatic rings. The van der Waals surface area contributed by atoms with Crippen molar-refractivity contribution < 1.29 is 18.6 Å². The quantitative estimate of drug-likeness (QED) is 0.245. The van der Waals surface area contributed by atoms with E-state index in [1.807, 2.05) is 0 Å². The van der Waals surface area contributed by atoms with E-state index in [0.717, 1.165) is 0 Å². The van der Waals surface area contributed by atoms with Crippen LogP contribution in [0.1, 0.15) is 2.85 Å². The average Bonchev–Trinajstić information content (AvgIpc) is 0.811. The molecule has 0 atom stereocenters. The van der Waals surface area contributed by atoms with E-state index in [-0.39, 0.29) is 46.1 Å². The van der Waals surface area contributed by atoms with E-state index in [1.54, 1.807) is 0 Å². The first kappa shape index (κ1) is 16.1. The smallest absolute Gasteiger partial charge is 1.00 e. The molecule has 5 nitrogen and oxygen atoms in total. The Morgan fingerprint density at radius 1 is 1.83 bits per heavy atom. The molecule has 3 N–H and O–H groups in total. The van der Waals surface area contributed by atoms with Crippen molar-refractivity contribution in [1.29, 1.82) is 0 Å². The van der Waals surface area contributed by atoms with Gasteiger partial charge in [-0.3, -0.25) is 0 Å². The van der Waals surface area contributed by atoms with E-state index in [2.05, 4.69) is 0 Å². The van der Waals surface area contributed by atoms with Crippen LogP contribution in [-0.2, 0) is 0 Å². The fourth-order valence-electron chi connectivity index (χ4n) is 0. The first-order valence-electron chi connectivity index (χ1n) is 0.565. The van der Waals surface area contributed by atoms with Gasteiger partial charge in [0.2, 0.25) is 0 Å². The van der Waals surface area contributed by atoms with E-state index in [1.165, 1.54) is 0 Å². The largest absolute Gasteiger partial charge is 2.00 e. The molecule has 0 aliphatic heterocycles. The van der Waals surface area contributed by atoms with Crippen molar-refractivity contribution >= 4 is 37.7 Å². The second kappa shape index (κ2) is 9.05. The molecule has 6 heteroatoms. The molecule has 36 valence electrons. The van der Waals surface area contributed by atoms with Crippen LogP contribution in [0.3, 0.4) is 0 Å². The first-order valence-corrected chi connectivity index (χ1v) is 0.565. The third-order valence-electron chi connectivity index (χ3n) is 0. The van der Waals surface area contributed by atoms with Gasteiger partial charge in [0.1, 0.15) is 0 Å². The van der Waals surface area contributed by atoms with Crippen LogP contribution in [0.25, 0.3) is 0 Å². The molecule has 0 unspecified atom stereocenters. The van der Waals surface area contributed by atoms with Crippen LogP contribution in [-0.4, -0.2) is 53.5 Å². The molecule has 0 rings (SSSR count). The number of rotatable bonds is 0. The van der Waals surface area contributed by atoms with Crippen LogP contribution in [0, 0.1) is 10.1 Å². The first-order chi connectivity index (χ1) is 1.73. The zero-order chi connectivity index (χ0) is 3.58. The summed E-state index contributed by atoms with van der Waals surface area (Å²) in [7, 11) is 0. The van der Waals surface area contributed by atoms with Gasteiger partial charge in [-0.1, -0.05) is 0 Å². The third-order valence-corrected chi connectivity index (χ3v) is 0. The van der Waals surface area contributed by atoms with Crippen molar-refractivity contribution in [3.05, 3.63) is 10.1 Å². The Balaban J connectivity index is -0.00000000750. The Morgan fingerprint density at radius 2 is 1.83 bits per heavy atom. The standard InChI is InChI=1S/Ca.HNO3.H2O.2H/c;2-1(3)4;;;/h;(H,2,3,4);1H2;;/q+2;;;2*-1. The topological polar surface area (TPSA) is 94.9 Å². The van der Waals surface area contributed by atoms with Crippen molar-refractivity contribution in [3.63, 3.8) is 0 Å². The van der Waals surface area contributed by atoms with Crippen LogP contribution >= 0.6 is 0 Å². The SMILES string of the molecule is O.O=[N+]([O-])O.[Ca+2].[H-].[H-]. The summed E-state index contributed by atoms with van der Waals surface area (Å²) >= 11 is 0. The summed E-state index contributed by atoms with van der Waals surface area (Å²) in [5.41, 5.74) is 0. The Morgan fingerprint density at radius 3 is 1.83 bits per heavy atom. The summed E-state index contributed by atoms with van der Waals surface area (Å²) in [5.74, 6) is 0. The Kier molecular flexibility index (Phi) is 24.3. The minimum absolute atomic E-state index is 0. The zero-order valence-electron chi connectivity index (χ0n) is 4.92. The molecule has 6 heavy (non-hydrogen) atoms. The second-order valence-corrected chi connectivity index (χ2v) is 0.238. The van der Waals surface area contributed by atoms with Gasteiger partial charge in [0, 0.05) is 0 Å². The predicted octanol–water partition coefficient (Wildman–Crippen LogP) is -1.33. The molecule has 0 radical (unpaired) electrons. The molecule has 0 fully saturated rings. The Hall–Kier alpha value is 0.420. The van der Waals surface area contributed by atoms with Gasteiger partial charge in [-0.05, 0) is 0 Å². The van der Waals surface area contributed by atoms with Crippen LogP contribution in [0.2, 0.25) is 0 Å². The molecule has 0 saturated carbocycles. The summed E-state index contributed by atoms with van der Waals surface area (Å²) in [6.45, 7) is 0. The van der Waals surface area contributed by atoms with E-state index in [0.29, 0.717) is 0 Å². The summed E-state index contributed by atoms with van der Waals surface area (Å²) in [5, 5.41) is 13.6. The fraction of sp³-hybridized carbons (Fsp3) is 0. The van der Waals surface area contributed by atoms with Crippen molar-refractivity contribution in [2.24, 2.45) is 0 Å². The van der Waals surface area contributed by atoms with Crippen molar-refractivity contribution in [2.45, 2.75) is 0 Å². The number of nitrogens with zero attached hydrogens (tertiary/aromatic N) is 1. The van der Waals surface area contributed by atoms with Crippen molar-refractivity contribution in [1.82, 2.24) is 0 Å². The minimum Gasteiger partial charge on any atom is -1.00 e. The Bertz CT molecular complexity index is 37.0. The summed E-state index contributed by atoms with van der Waals surface area (Å²) in [6.07, 6.45) is 0. The minimum atomic E-state index is -1.50. The van der Waals surface area contributed by atoms with Gasteiger partial charge >= 0.3 is 37.7 Å². The van der Waals surface area contributed by atoms with Crippen LogP contribution < -0.4 is 0 Å². The van der Waals surface area contributed by atoms with Gasteiger partial charge in [0.25, 0.3) is 5.09 Å². The third kappa shape index (κ3) is 293. The number of hydrogen-bond acceptors (Lipinski definition) is 2. The molecular weight excluding hydrogens is 118 g/mol. The van der Waals surface area contributed by atoms with Gasteiger partial charge in [-0.15, -0.1) is 10.1 Å². The zero-order valence-corrected chi connectivity index (χ0v) is 5.13. The number of hydrogen-bond donors (Lipinski definition) is 1. The molecule has 0 saturated heterocycles. The van der Waals surface area contributed by atoms with Crippen molar-refractivity contribution in [2.75, 3.05) is 0 Å². The summed E-state index contributed by atoms with van der Waals surface area (Å²) in [4.78, 5) is 8.36. The van der Waals surface area contributed by atoms with Gasteiger partial charge in [-0.2, -0.15) is 0 Å². The maximum Gasteiger partial charge on any atom is 2.00 e. The predicted molar refractivity (Wildman–Crippen MR) is 20.4 cm³/mol. The van der Waals surface area contributed by atoms with Crippen LogP contribution in [0.4, 0.5) is 0 Å². The van der Waals surface area contributed by atoms with Gasteiger partial charge in [0.15, 0.2) is 0 Å². The molecule has 0 aromatic heterocycles. The van der Waals surface area contributed by atoms with Gasteiger partial charge < -0.3 is 13.5 Å². The maximum absolute atomic E-state index is 8.36. The Labute approximate surface area is 66.3 Å². The second-order valence-electron chi connectivity index (χ2n) is 0.238. The molecule has 0 aliphatic carbocycles. The van der Waals surface area contributed by atoms with Crippen LogP contribution in [0.5, 0.6) is 0 Å². The van der Waals surface area contributed by atoms with Crippen LogP contribution in [0.15, 0.2) is 0 Å². The average molecular weight is 123 g/mol. The molecule has 0 aliphatic rings. The monoisotopic (exact) mass is 123 g/mol. The molecule has 0 bridgehead atoms. The molecular formula is H5CaNO4. The molecule has 0 heterocycles. The van der Waals surface area contributed by atoms with Gasteiger partial charge in [0.05, 0.1) is 0 Å². The summed E-state index contributed by atoms with van der Waals surface area (Å²) < 4.78 is 0. The van der Waals surface area contributed by atoms with E-state index in [9.17, 15) is 0 Å².